The molecule has 19 heavy (non-hydrogen) atoms. The Morgan fingerprint density at radius 3 is 2.68 bits per heavy atom. The van der Waals surface area contributed by atoms with Crippen LogP contribution < -0.4 is 10.6 Å². The number of nitrogens with zero attached hydrogens (tertiary/aromatic N) is 2. The number of nitrogens with two attached hydrogens (primary N) is 1. The average Bonchev–Trinajstić information content (AvgIpc) is 3.19. The van der Waals surface area contributed by atoms with Gasteiger partial charge < -0.3 is 15.8 Å². The molecule has 1 aromatic rings. The minimum Gasteiger partial charge on any atom is -0.409 e. The van der Waals surface area contributed by atoms with Gasteiger partial charge >= 0.3 is 0 Å². The molecule has 0 amide bonds. The summed E-state index contributed by atoms with van der Waals surface area (Å²) in [6.45, 7) is 5.44. The molecular weight excluding hydrogens is 262 g/mol. The Hall–Kier alpha value is -1.42. The van der Waals surface area contributed by atoms with Gasteiger partial charge in [0, 0.05) is 23.8 Å². The van der Waals surface area contributed by atoms with E-state index < -0.39 is 0 Å². The molecule has 0 unspecified atom stereocenters. The second-order valence-corrected chi connectivity index (χ2v) is 5.83. The fourth-order valence-corrected chi connectivity index (χ4v) is 2.46. The fourth-order valence-electron chi connectivity index (χ4n) is 2.19. The summed E-state index contributed by atoms with van der Waals surface area (Å²) in [4.78, 5) is 2.40. The van der Waals surface area contributed by atoms with E-state index in [2.05, 4.69) is 23.9 Å². The number of hydrogen-bond acceptors (Lipinski definition) is 3. The molecule has 0 atom stereocenters. The first-order valence-corrected chi connectivity index (χ1v) is 6.94. The zero-order valence-corrected chi connectivity index (χ0v) is 12.1. The van der Waals surface area contributed by atoms with Crippen molar-refractivity contribution in [3.8, 4) is 0 Å². The van der Waals surface area contributed by atoms with Crippen molar-refractivity contribution in [1.82, 2.24) is 0 Å². The Bertz CT molecular complexity index is 484. The molecule has 5 heteroatoms. The second kappa shape index (κ2) is 5.70. The van der Waals surface area contributed by atoms with E-state index in [-0.39, 0.29) is 5.84 Å². The van der Waals surface area contributed by atoms with Gasteiger partial charge in [0.1, 0.15) is 0 Å². The first-order valence-electron chi connectivity index (χ1n) is 6.57. The van der Waals surface area contributed by atoms with Gasteiger partial charge in [-0.05, 0) is 37.0 Å². The Kier molecular flexibility index (Phi) is 4.20. The van der Waals surface area contributed by atoms with Gasteiger partial charge in [0.15, 0.2) is 5.84 Å². The van der Waals surface area contributed by atoms with Crippen LogP contribution in [0.4, 0.5) is 5.69 Å². The SMILES string of the molecule is CC(C)CN(c1ccc(C(N)=NO)c(Cl)c1)C1CC1. The maximum absolute atomic E-state index is 8.70. The van der Waals surface area contributed by atoms with Crippen LogP contribution in [0.1, 0.15) is 32.3 Å². The largest absolute Gasteiger partial charge is 0.409 e. The van der Waals surface area contributed by atoms with Crippen LogP contribution in [-0.4, -0.2) is 23.6 Å². The molecule has 0 aliphatic heterocycles. The molecule has 104 valence electrons. The predicted molar refractivity (Wildman–Crippen MR) is 79.2 cm³/mol. The first kappa shape index (κ1) is 14.0. The Balaban J connectivity index is 2.26. The average molecular weight is 282 g/mol. The Labute approximate surface area is 118 Å². The van der Waals surface area contributed by atoms with Crippen molar-refractivity contribution in [1.29, 1.82) is 0 Å². The van der Waals surface area contributed by atoms with E-state index in [0.717, 1.165) is 12.2 Å². The van der Waals surface area contributed by atoms with Crippen molar-refractivity contribution in [2.24, 2.45) is 16.8 Å². The van der Waals surface area contributed by atoms with E-state index in [1.54, 1.807) is 0 Å². The van der Waals surface area contributed by atoms with E-state index in [1.807, 2.05) is 18.2 Å². The Morgan fingerprint density at radius 1 is 1.53 bits per heavy atom. The first-order chi connectivity index (χ1) is 9.02. The zero-order valence-electron chi connectivity index (χ0n) is 11.3. The van der Waals surface area contributed by atoms with Crippen LogP contribution in [0.5, 0.6) is 0 Å². The van der Waals surface area contributed by atoms with Crippen LogP contribution >= 0.6 is 11.6 Å². The monoisotopic (exact) mass is 281 g/mol. The van der Waals surface area contributed by atoms with Crippen LogP contribution in [0.25, 0.3) is 0 Å². The number of benzene rings is 1. The van der Waals surface area contributed by atoms with Gasteiger partial charge in [-0.3, -0.25) is 0 Å². The standard InChI is InChI=1S/C14H20ClN3O/c1-9(2)8-18(10-3-4-10)11-5-6-12(13(15)7-11)14(16)17-19/h5-7,9-10,19H,3-4,8H2,1-2H3,(H2,16,17). The summed E-state index contributed by atoms with van der Waals surface area (Å²) in [6, 6.07) is 6.33. The summed E-state index contributed by atoms with van der Waals surface area (Å²) in [5, 5.41) is 12.2. The zero-order chi connectivity index (χ0) is 14.0. The maximum Gasteiger partial charge on any atom is 0.171 e. The van der Waals surface area contributed by atoms with Gasteiger partial charge in [-0.2, -0.15) is 0 Å². The molecule has 0 saturated heterocycles. The van der Waals surface area contributed by atoms with Gasteiger partial charge in [0.05, 0.1) is 5.02 Å². The van der Waals surface area contributed by atoms with Crippen molar-refractivity contribution < 1.29 is 5.21 Å². The number of hydrogen-bond donors (Lipinski definition) is 2. The highest BCUT2D eigenvalue weighted by atomic mass is 35.5. The van der Waals surface area contributed by atoms with Crippen LogP contribution in [0.3, 0.4) is 0 Å². The van der Waals surface area contributed by atoms with E-state index in [1.165, 1.54) is 12.8 Å². The van der Waals surface area contributed by atoms with Crippen molar-refractivity contribution in [2.45, 2.75) is 32.7 Å². The van der Waals surface area contributed by atoms with E-state index in [0.29, 0.717) is 22.5 Å². The lowest BCUT2D eigenvalue weighted by molar-refractivity contribution is 0.318. The van der Waals surface area contributed by atoms with Crippen molar-refractivity contribution in [3.05, 3.63) is 28.8 Å². The molecule has 3 N–H and O–H groups in total. The summed E-state index contributed by atoms with van der Waals surface area (Å²) in [5.74, 6) is 0.640. The molecule has 0 radical (unpaired) electrons. The van der Waals surface area contributed by atoms with Crippen LogP contribution in [0.2, 0.25) is 5.02 Å². The summed E-state index contributed by atoms with van der Waals surface area (Å²) in [5.41, 5.74) is 7.25. The molecule has 1 aliphatic rings. The van der Waals surface area contributed by atoms with Gasteiger partial charge in [-0.15, -0.1) is 0 Å². The molecule has 1 aliphatic carbocycles. The smallest absolute Gasteiger partial charge is 0.171 e. The minimum atomic E-state index is 0.0402. The van der Waals surface area contributed by atoms with E-state index in [4.69, 9.17) is 22.5 Å². The molecule has 1 aromatic carbocycles. The minimum absolute atomic E-state index is 0.0402. The molecule has 0 bridgehead atoms. The number of anilines is 1. The lowest BCUT2D eigenvalue weighted by Crippen LogP contribution is -2.29. The molecule has 0 spiro atoms. The quantitative estimate of drug-likeness (QED) is 0.377. The second-order valence-electron chi connectivity index (χ2n) is 5.43. The number of amidine groups is 1. The highest BCUT2D eigenvalue weighted by Gasteiger charge is 2.29. The third kappa shape index (κ3) is 3.32. The van der Waals surface area contributed by atoms with E-state index >= 15 is 0 Å². The summed E-state index contributed by atoms with van der Waals surface area (Å²) in [6.07, 6.45) is 2.48. The van der Waals surface area contributed by atoms with Crippen molar-refractivity contribution in [2.75, 3.05) is 11.4 Å². The molecule has 2 rings (SSSR count). The lowest BCUT2D eigenvalue weighted by atomic mass is 10.1. The topological polar surface area (TPSA) is 61.8 Å². The van der Waals surface area contributed by atoms with Gasteiger partial charge in [0.2, 0.25) is 0 Å². The molecule has 1 fully saturated rings. The Morgan fingerprint density at radius 2 is 2.21 bits per heavy atom. The van der Waals surface area contributed by atoms with Crippen molar-refractivity contribution in [3.63, 3.8) is 0 Å². The normalized spacial score (nSPS) is 15.9. The summed E-state index contributed by atoms with van der Waals surface area (Å²) >= 11 is 6.21. The lowest BCUT2D eigenvalue weighted by Gasteiger charge is -2.27. The third-order valence-electron chi connectivity index (χ3n) is 3.22. The third-order valence-corrected chi connectivity index (χ3v) is 3.53. The van der Waals surface area contributed by atoms with Gasteiger partial charge in [0.25, 0.3) is 0 Å². The summed E-state index contributed by atoms with van der Waals surface area (Å²) < 4.78 is 0. The van der Waals surface area contributed by atoms with Gasteiger partial charge in [-0.1, -0.05) is 30.6 Å². The highest BCUT2D eigenvalue weighted by molar-refractivity contribution is 6.34. The van der Waals surface area contributed by atoms with Crippen LogP contribution in [0.15, 0.2) is 23.4 Å². The number of halogens is 1. The maximum atomic E-state index is 8.70. The molecule has 4 nitrogen and oxygen atoms in total. The van der Waals surface area contributed by atoms with Crippen molar-refractivity contribution >= 4 is 23.1 Å². The van der Waals surface area contributed by atoms with E-state index in [9.17, 15) is 0 Å². The molecule has 0 heterocycles. The van der Waals surface area contributed by atoms with Crippen LogP contribution in [-0.2, 0) is 0 Å². The van der Waals surface area contributed by atoms with Crippen LogP contribution in [0, 0.1) is 5.92 Å². The summed E-state index contributed by atoms with van der Waals surface area (Å²) in [7, 11) is 0. The fraction of sp³-hybridized carbons (Fsp3) is 0.500. The predicted octanol–water partition coefficient (Wildman–Crippen LogP) is 3.06. The highest BCUT2D eigenvalue weighted by Crippen LogP contribution is 2.34. The molecular formula is C14H20ClN3O. The number of oxime groups is 1. The molecule has 0 aromatic heterocycles. The molecule has 1 saturated carbocycles. The number of rotatable bonds is 5. The van der Waals surface area contributed by atoms with Gasteiger partial charge in [-0.25, -0.2) is 0 Å².